The zero-order valence-corrected chi connectivity index (χ0v) is 9.76. The van der Waals surface area contributed by atoms with E-state index in [4.69, 9.17) is 10.4 Å². The monoisotopic (exact) mass is 307 g/mol. The molecule has 0 bridgehead atoms. The van der Waals surface area contributed by atoms with Gasteiger partial charge < -0.3 is 5.11 Å². The lowest BCUT2D eigenvalue weighted by atomic mass is 9.97. The van der Waals surface area contributed by atoms with Crippen LogP contribution in [0.25, 0.3) is 0 Å². The van der Waals surface area contributed by atoms with Crippen LogP contribution >= 0.6 is 15.9 Å². The number of benzene rings is 1. The number of carbonyl (C=O) groups excluding carboxylic acids is 1. The molecule has 0 aliphatic rings. The SMILES string of the molecule is N#Cc1cc(O)cc(C(F)(F)F)c1C(=O)CBr. The molecule has 1 N–H and O–H groups in total. The van der Waals surface area contributed by atoms with Gasteiger partial charge in [-0.1, -0.05) is 15.9 Å². The van der Waals surface area contributed by atoms with Crippen LogP contribution in [0.3, 0.4) is 0 Å². The maximum atomic E-state index is 12.7. The third kappa shape index (κ3) is 2.77. The second kappa shape index (κ2) is 4.75. The number of halogens is 4. The lowest BCUT2D eigenvalue weighted by molar-refractivity contribution is -0.138. The topological polar surface area (TPSA) is 61.1 Å². The molecular formula is C10H5BrF3NO2. The summed E-state index contributed by atoms with van der Waals surface area (Å²) in [5.41, 5.74) is -2.53. The van der Waals surface area contributed by atoms with Crippen LogP contribution in [-0.4, -0.2) is 16.2 Å². The zero-order valence-electron chi connectivity index (χ0n) is 8.18. The Morgan fingerprint density at radius 1 is 1.47 bits per heavy atom. The predicted molar refractivity (Wildman–Crippen MR) is 55.9 cm³/mol. The van der Waals surface area contributed by atoms with E-state index < -0.39 is 34.4 Å². The summed E-state index contributed by atoms with van der Waals surface area (Å²) in [6, 6.07) is 2.71. The maximum absolute atomic E-state index is 12.7. The molecule has 0 fully saturated rings. The number of carbonyl (C=O) groups is 1. The lowest BCUT2D eigenvalue weighted by Gasteiger charge is -2.13. The van der Waals surface area contributed by atoms with Crippen molar-refractivity contribution in [3.63, 3.8) is 0 Å². The van der Waals surface area contributed by atoms with Crippen molar-refractivity contribution in [2.75, 3.05) is 5.33 Å². The van der Waals surface area contributed by atoms with Crippen molar-refractivity contribution in [1.29, 1.82) is 5.26 Å². The summed E-state index contributed by atoms with van der Waals surface area (Å²) in [6.07, 6.45) is -4.81. The second-order valence-electron chi connectivity index (χ2n) is 3.08. The van der Waals surface area contributed by atoms with Crippen molar-refractivity contribution >= 4 is 21.7 Å². The van der Waals surface area contributed by atoms with Crippen molar-refractivity contribution < 1.29 is 23.1 Å². The third-order valence-corrected chi connectivity index (χ3v) is 2.46. The van der Waals surface area contributed by atoms with Crippen molar-refractivity contribution in [3.05, 3.63) is 28.8 Å². The number of aromatic hydroxyl groups is 1. The molecule has 1 aromatic carbocycles. The Labute approximate surface area is 103 Å². The summed E-state index contributed by atoms with van der Waals surface area (Å²) in [5.74, 6) is -1.58. The molecule has 0 aliphatic heterocycles. The molecule has 1 aromatic rings. The molecule has 0 radical (unpaired) electrons. The first-order valence-corrected chi connectivity index (χ1v) is 5.37. The molecule has 0 amide bonds. The van der Waals surface area contributed by atoms with Crippen LogP contribution in [0.5, 0.6) is 5.75 Å². The third-order valence-electron chi connectivity index (χ3n) is 1.95. The highest BCUT2D eigenvalue weighted by molar-refractivity contribution is 9.09. The van der Waals surface area contributed by atoms with E-state index in [0.29, 0.717) is 6.07 Å². The van der Waals surface area contributed by atoms with Gasteiger partial charge in [0.25, 0.3) is 0 Å². The van der Waals surface area contributed by atoms with Gasteiger partial charge in [0.15, 0.2) is 5.78 Å². The van der Waals surface area contributed by atoms with Crippen molar-refractivity contribution in [2.45, 2.75) is 6.18 Å². The minimum Gasteiger partial charge on any atom is -0.508 e. The zero-order chi connectivity index (χ0) is 13.2. The van der Waals surface area contributed by atoms with E-state index in [1.54, 1.807) is 0 Å². The van der Waals surface area contributed by atoms with Crippen molar-refractivity contribution in [2.24, 2.45) is 0 Å². The normalized spacial score (nSPS) is 11.0. The molecule has 0 saturated carbocycles. The smallest absolute Gasteiger partial charge is 0.417 e. The predicted octanol–water partition coefficient (Wildman–Crippen LogP) is 2.86. The summed E-state index contributed by atoms with van der Waals surface area (Å²) in [7, 11) is 0. The minimum absolute atomic E-state index is 0.338. The van der Waals surface area contributed by atoms with Gasteiger partial charge in [0.2, 0.25) is 0 Å². The van der Waals surface area contributed by atoms with Gasteiger partial charge in [-0.05, 0) is 12.1 Å². The highest BCUT2D eigenvalue weighted by Gasteiger charge is 2.37. The number of hydrogen-bond acceptors (Lipinski definition) is 3. The standard InChI is InChI=1S/C10H5BrF3NO2/c11-3-8(17)9-5(4-15)1-6(16)2-7(9)10(12,13)14/h1-2,16H,3H2. The quantitative estimate of drug-likeness (QED) is 0.675. The van der Waals surface area contributed by atoms with Gasteiger partial charge in [0.1, 0.15) is 11.8 Å². The Morgan fingerprint density at radius 2 is 2.06 bits per heavy atom. The number of rotatable bonds is 2. The molecule has 1 rings (SSSR count). The van der Waals surface area contributed by atoms with Gasteiger partial charge in [0.05, 0.1) is 16.5 Å². The first-order chi connectivity index (χ1) is 7.81. The number of Topliss-reactive ketones (excluding diaryl/α,β-unsaturated/α-hetero) is 1. The number of phenols is 1. The average molecular weight is 308 g/mol. The Balaban J connectivity index is 3.63. The molecule has 0 heterocycles. The molecular weight excluding hydrogens is 303 g/mol. The van der Waals surface area contributed by atoms with E-state index in [1.165, 1.54) is 6.07 Å². The fourth-order valence-corrected chi connectivity index (χ4v) is 1.59. The van der Waals surface area contributed by atoms with Crippen LogP contribution in [-0.2, 0) is 6.18 Å². The molecule has 0 spiro atoms. The van der Waals surface area contributed by atoms with Crippen LogP contribution in [0.15, 0.2) is 12.1 Å². The summed E-state index contributed by atoms with van der Waals surface area (Å²) in [6.45, 7) is 0. The summed E-state index contributed by atoms with van der Waals surface area (Å²) in [4.78, 5) is 11.4. The maximum Gasteiger partial charge on any atom is 0.417 e. The van der Waals surface area contributed by atoms with E-state index in [1.807, 2.05) is 0 Å². The number of nitriles is 1. The number of ketones is 1. The van der Waals surface area contributed by atoms with Crippen molar-refractivity contribution in [1.82, 2.24) is 0 Å². The largest absolute Gasteiger partial charge is 0.508 e. The van der Waals surface area contributed by atoms with E-state index in [-0.39, 0.29) is 5.33 Å². The van der Waals surface area contributed by atoms with Crippen LogP contribution in [0.1, 0.15) is 21.5 Å². The summed E-state index contributed by atoms with van der Waals surface area (Å²) >= 11 is 2.75. The molecule has 0 aliphatic carbocycles. The molecule has 0 unspecified atom stereocenters. The summed E-state index contributed by atoms with van der Waals surface area (Å²) < 4.78 is 38.0. The number of hydrogen-bond donors (Lipinski definition) is 1. The number of nitrogens with zero attached hydrogens (tertiary/aromatic N) is 1. The minimum atomic E-state index is -4.81. The van der Waals surface area contributed by atoms with Crippen LogP contribution in [0, 0.1) is 11.3 Å². The Morgan fingerprint density at radius 3 is 2.47 bits per heavy atom. The van der Waals surface area contributed by atoms with Gasteiger partial charge >= 0.3 is 6.18 Å². The number of phenolic OH excluding ortho intramolecular Hbond substituents is 1. The van der Waals surface area contributed by atoms with Crippen molar-refractivity contribution in [3.8, 4) is 11.8 Å². The fourth-order valence-electron chi connectivity index (χ4n) is 1.31. The van der Waals surface area contributed by atoms with Gasteiger partial charge in [-0.3, -0.25) is 4.79 Å². The van der Waals surface area contributed by atoms with E-state index in [9.17, 15) is 18.0 Å². The molecule has 90 valence electrons. The summed E-state index contributed by atoms with van der Waals surface area (Å²) in [5, 5.41) is 17.4. The first-order valence-electron chi connectivity index (χ1n) is 4.24. The van der Waals surface area contributed by atoms with Gasteiger partial charge in [-0.2, -0.15) is 18.4 Å². The fraction of sp³-hybridized carbons (Fsp3) is 0.200. The number of alkyl halides is 4. The molecule has 3 nitrogen and oxygen atoms in total. The van der Waals surface area contributed by atoms with Gasteiger partial charge in [-0.25, -0.2) is 0 Å². The molecule has 7 heteroatoms. The van der Waals surface area contributed by atoms with Gasteiger partial charge in [-0.15, -0.1) is 0 Å². The second-order valence-corrected chi connectivity index (χ2v) is 3.64. The first kappa shape index (κ1) is 13.5. The average Bonchev–Trinajstić information content (AvgIpc) is 2.25. The molecule has 17 heavy (non-hydrogen) atoms. The Hall–Kier alpha value is -1.55. The van der Waals surface area contributed by atoms with E-state index >= 15 is 0 Å². The van der Waals surface area contributed by atoms with Crippen LogP contribution in [0.4, 0.5) is 13.2 Å². The van der Waals surface area contributed by atoms with Crippen LogP contribution < -0.4 is 0 Å². The molecule has 0 aromatic heterocycles. The van der Waals surface area contributed by atoms with E-state index in [2.05, 4.69) is 15.9 Å². The molecule has 0 saturated heterocycles. The van der Waals surface area contributed by atoms with E-state index in [0.717, 1.165) is 6.07 Å². The lowest BCUT2D eigenvalue weighted by Crippen LogP contribution is -2.15. The highest BCUT2D eigenvalue weighted by atomic mass is 79.9. The van der Waals surface area contributed by atoms with Gasteiger partial charge in [0, 0.05) is 5.56 Å². The van der Waals surface area contributed by atoms with Crippen LogP contribution in [0.2, 0.25) is 0 Å². The highest BCUT2D eigenvalue weighted by Crippen LogP contribution is 2.36. The Bertz CT molecular complexity index is 505. The molecule has 0 atom stereocenters. The Kier molecular flexibility index (Phi) is 3.78.